The van der Waals surface area contributed by atoms with Gasteiger partial charge in [-0.15, -0.1) is 0 Å². The van der Waals surface area contributed by atoms with Crippen LogP contribution in [0.2, 0.25) is 0 Å². The second-order valence-electron chi connectivity index (χ2n) is 9.93. The molecule has 0 saturated carbocycles. The number of fused-ring (bicyclic) bond motifs is 6. The number of pyridine rings is 1. The number of carbonyl (C=O) groups excluding carboxylic acids is 2. The Bertz CT molecular complexity index is 1580. The molecule has 5 heterocycles. The van der Waals surface area contributed by atoms with Gasteiger partial charge in [0.15, 0.2) is 5.89 Å². The minimum Gasteiger partial charge on any atom is -0.494 e. The maximum Gasteiger partial charge on any atom is 0.292 e. The summed E-state index contributed by atoms with van der Waals surface area (Å²) in [4.78, 5) is 37.0. The second-order valence-corrected chi connectivity index (χ2v) is 9.93. The van der Waals surface area contributed by atoms with E-state index in [2.05, 4.69) is 15.3 Å². The number of amides is 2. The van der Waals surface area contributed by atoms with Crippen LogP contribution in [0.1, 0.15) is 68.6 Å². The van der Waals surface area contributed by atoms with Crippen LogP contribution < -0.4 is 14.8 Å². The van der Waals surface area contributed by atoms with Gasteiger partial charge in [-0.1, -0.05) is 25.1 Å². The van der Waals surface area contributed by atoms with Crippen LogP contribution in [0.4, 0.5) is 0 Å². The van der Waals surface area contributed by atoms with Crippen LogP contribution in [0.5, 0.6) is 17.2 Å². The van der Waals surface area contributed by atoms with Gasteiger partial charge in [-0.05, 0) is 66.8 Å². The normalized spacial score (nSPS) is 16.8. The van der Waals surface area contributed by atoms with Gasteiger partial charge in [-0.2, -0.15) is 0 Å². The largest absolute Gasteiger partial charge is 0.494 e. The van der Waals surface area contributed by atoms with Crippen molar-refractivity contribution < 1.29 is 23.5 Å². The van der Waals surface area contributed by atoms with Crippen molar-refractivity contribution in [3.05, 3.63) is 101 Å². The lowest BCUT2D eigenvalue weighted by Gasteiger charge is -2.37. The van der Waals surface area contributed by atoms with E-state index in [9.17, 15) is 9.59 Å². The monoisotopic (exact) mass is 538 g/mol. The summed E-state index contributed by atoms with van der Waals surface area (Å²) in [6, 6.07) is 15.0. The van der Waals surface area contributed by atoms with E-state index in [1.165, 1.54) is 6.20 Å². The van der Waals surface area contributed by atoms with Crippen molar-refractivity contribution in [2.24, 2.45) is 0 Å². The Kier molecular flexibility index (Phi) is 6.94. The van der Waals surface area contributed by atoms with Crippen LogP contribution in [0, 0.1) is 6.92 Å². The molecule has 3 aliphatic rings. The van der Waals surface area contributed by atoms with Crippen LogP contribution in [0.25, 0.3) is 0 Å². The van der Waals surface area contributed by atoms with Crippen LogP contribution in [0.15, 0.2) is 65.3 Å². The zero-order chi connectivity index (χ0) is 27.6. The molecule has 0 saturated heterocycles. The first-order valence-corrected chi connectivity index (χ1v) is 13.5. The Hall–Kier alpha value is -4.66. The van der Waals surface area contributed by atoms with Crippen molar-refractivity contribution in [3.63, 3.8) is 0 Å². The number of ether oxygens (including phenoxy) is 2. The minimum atomic E-state index is -0.355. The molecule has 40 heavy (non-hydrogen) atoms. The predicted octanol–water partition coefficient (Wildman–Crippen LogP) is 5.03. The van der Waals surface area contributed by atoms with E-state index in [1.807, 2.05) is 61.2 Å². The van der Waals surface area contributed by atoms with E-state index < -0.39 is 0 Å². The predicted molar refractivity (Wildman–Crippen MR) is 147 cm³/mol. The Labute approximate surface area is 232 Å². The Balaban J connectivity index is 1.43. The van der Waals surface area contributed by atoms with E-state index in [1.54, 1.807) is 12.3 Å². The highest BCUT2D eigenvalue weighted by Gasteiger charge is 2.35. The van der Waals surface area contributed by atoms with Crippen molar-refractivity contribution in [2.75, 3.05) is 19.7 Å². The molecular formula is C31H30N4O5. The van der Waals surface area contributed by atoms with Gasteiger partial charge in [0.1, 0.15) is 17.2 Å². The van der Waals surface area contributed by atoms with Crippen LogP contribution >= 0.6 is 0 Å². The first-order chi connectivity index (χ1) is 19.5. The van der Waals surface area contributed by atoms with Gasteiger partial charge in [-0.3, -0.25) is 14.6 Å². The third-order valence-corrected chi connectivity index (χ3v) is 7.20. The first kappa shape index (κ1) is 25.6. The summed E-state index contributed by atoms with van der Waals surface area (Å²) >= 11 is 0. The van der Waals surface area contributed by atoms with Crippen molar-refractivity contribution in [1.29, 1.82) is 0 Å². The molecule has 2 aromatic heterocycles. The van der Waals surface area contributed by atoms with Gasteiger partial charge in [0.05, 0.1) is 30.1 Å². The number of nitrogens with zero attached hydrogens (tertiary/aromatic N) is 3. The molecule has 1 atom stereocenters. The number of hydrogen-bond acceptors (Lipinski definition) is 7. The number of hydrogen-bond donors (Lipinski definition) is 1. The second kappa shape index (κ2) is 10.8. The fraction of sp³-hybridized carbons (Fsp3) is 0.290. The Morgan fingerprint density at radius 1 is 1.10 bits per heavy atom. The number of oxazole rings is 1. The number of aryl methyl sites for hydroxylation is 2. The molecule has 2 aromatic carbocycles. The molecule has 204 valence electrons. The van der Waals surface area contributed by atoms with Crippen LogP contribution in [-0.4, -0.2) is 46.4 Å². The molecule has 1 unspecified atom stereocenters. The quantitative estimate of drug-likeness (QED) is 0.381. The van der Waals surface area contributed by atoms with Gasteiger partial charge in [0.25, 0.3) is 11.8 Å². The third kappa shape index (κ3) is 5.02. The van der Waals surface area contributed by atoms with Gasteiger partial charge in [-0.25, -0.2) is 4.98 Å². The van der Waals surface area contributed by atoms with Crippen LogP contribution in [-0.2, 0) is 12.8 Å². The first-order valence-electron chi connectivity index (χ1n) is 13.5. The molecule has 0 spiro atoms. The molecule has 7 rings (SSSR count). The topological polar surface area (TPSA) is 107 Å². The highest BCUT2D eigenvalue weighted by atomic mass is 16.5. The molecular weight excluding hydrogens is 508 g/mol. The lowest BCUT2D eigenvalue weighted by Crippen LogP contribution is -2.40. The fourth-order valence-corrected chi connectivity index (χ4v) is 5.25. The number of carbonyl (C=O) groups is 2. The number of rotatable bonds is 2. The zero-order valence-corrected chi connectivity index (χ0v) is 22.5. The lowest BCUT2D eigenvalue weighted by atomic mass is 9.87. The zero-order valence-electron chi connectivity index (χ0n) is 22.5. The summed E-state index contributed by atoms with van der Waals surface area (Å²) in [6.45, 7) is 5.13. The van der Waals surface area contributed by atoms with E-state index >= 15 is 0 Å². The fourth-order valence-electron chi connectivity index (χ4n) is 5.25. The average Bonchev–Trinajstić information content (AvgIpc) is 3.36. The summed E-state index contributed by atoms with van der Waals surface area (Å²) in [7, 11) is 0. The van der Waals surface area contributed by atoms with E-state index in [4.69, 9.17) is 13.9 Å². The molecule has 2 amide bonds. The maximum absolute atomic E-state index is 13.9. The molecule has 9 heteroatoms. The Morgan fingerprint density at radius 2 is 2.00 bits per heavy atom. The van der Waals surface area contributed by atoms with Gasteiger partial charge >= 0.3 is 0 Å². The lowest BCUT2D eigenvalue weighted by molar-refractivity contribution is 0.0658. The minimum absolute atomic E-state index is 0.187. The van der Waals surface area contributed by atoms with Crippen molar-refractivity contribution >= 4 is 11.8 Å². The highest BCUT2D eigenvalue weighted by molar-refractivity contribution is 5.94. The number of benzene rings is 2. The summed E-state index contributed by atoms with van der Waals surface area (Å²) in [5, 5.41) is 2.90. The molecule has 0 fully saturated rings. The molecule has 8 bridgehead atoms. The van der Waals surface area contributed by atoms with Crippen molar-refractivity contribution in [3.8, 4) is 17.2 Å². The van der Waals surface area contributed by atoms with E-state index in [0.717, 1.165) is 16.7 Å². The summed E-state index contributed by atoms with van der Waals surface area (Å²) in [5.74, 6) is 2.23. The molecule has 9 nitrogen and oxygen atoms in total. The smallest absolute Gasteiger partial charge is 0.292 e. The van der Waals surface area contributed by atoms with Gasteiger partial charge in [0.2, 0.25) is 5.76 Å². The third-order valence-electron chi connectivity index (χ3n) is 7.20. The van der Waals surface area contributed by atoms with Crippen molar-refractivity contribution in [2.45, 2.75) is 39.2 Å². The van der Waals surface area contributed by atoms with Gasteiger partial charge < -0.3 is 24.1 Å². The van der Waals surface area contributed by atoms with Crippen molar-refractivity contribution in [1.82, 2.24) is 20.2 Å². The van der Waals surface area contributed by atoms with E-state index in [-0.39, 0.29) is 23.6 Å². The van der Waals surface area contributed by atoms with Crippen LogP contribution in [0.3, 0.4) is 0 Å². The molecule has 0 aliphatic carbocycles. The summed E-state index contributed by atoms with van der Waals surface area (Å²) in [6.07, 6.45) is 4.99. The molecule has 1 N–H and O–H groups in total. The standard InChI is InChI=1S/C31H30N4O5/c1-3-27-34-19(2)29(40-27)31(37)35-12-10-20-14-24-8-9-26(20)28(35)21-6-4-7-23(15-21)38-13-5-11-33-30(36)22-16-25(39-24)18-32-17-22/h4,6-9,14-18,28H,3,5,10-13H2,1-2H3,(H,33,36). The Morgan fingerprint density at radius 3 is 2.85 bits per heavy atom. The summed E-state index contributed by atoms with van der Waals surface area (Å²) < 4.78 is 18.0. The average molecular weight is 539 g/mol. The van der Waals surface area contributed by atoms with E-state index in [0.29, 0.717) is 73.4 Å². The SMILES string of the molecule is CCc1nc(C)c(C(=O)N2CCc3cc4ccc3C2c2cccc(c2)OCCCNC(=O)c2cncc(c2)O4)o1. The maximum atomic E-state index is 13.9. The molecule has 0 radical (unpaired) electrons. The van der Waals surface area contributed by atoms with Gasteiger partial charge in [0, 0.05) is 25.7 Å². The highest BCUT2D eigenvalue weighted by Crippen LogP contribution is 2.39. The molecule has 4 aromatic rings. The summed E-state index contributed by atoms with van der Waals surface area (Å²) in [5.41, 5.74) is 4.03. The number of aromatic nitrogens is 2. The number of nitrogens with one attached hydrogen (secondary N) is 1. The molecule has 3 aliphatic heterocycles.